The minimum Gasteiger partial charge on any atom is -0.289 e. The van der Waals surface area contributed by atoms with E-state index in [1.165, 1.54) is 0 Å². The summed E-state index contributed by atoms with van der Waals surface area (Å²) in [6, 6.07) is 35.9. The van der Waals surface area contributed by atoms with Crippen molar-refractivity contribution in [2.24, 2.45) is 0 Å². The average Bonchev–Trinajstić information content (AvgIpc) is 2.75. The van der Waals surface area contributed by atoms with E-state index in [4.69, 9.17) is 0 Å². The van der Waals surface area contributed by atoms with Gasteiger partial charge >= 0.3 is 0 Å². The van der Waals surface area contributed by atoms with Gasteiger partial charge in [-0.05, 0) is 34.4 Å². The first-order chi connectivity index (χ1) is 12.8. The lowest BCUT2D eigenvalue weighted by Crippen LogP contribution is -2.01. The molecule has 0 heterocycles. The molecule has 0 aromatic heterocycles. The number of hydrogen-bond donors (Lipinski definition) is 0. The van der Waals surface area contributed by atoms with Gasteiger partial charge in [0.25, 0.3) is 0 Å². The molecule has 0 N–H and O–H groups in total. The van der Waals surface area contributed by atoms with E-state index in [1.54, 1.807) is 0 Å². The van der Waals surface area contributed by atoms with Crippen molar-refractivity contribution in [1.29, 1.82) is 0 Å². The summed E-state index contributed by atoms with van der Waals surface area (Å²) >= 11 is 0. The van der Waals surface area contributed by atoms with Crippen LogP contribution in [0.2, 0.25) is 0 Å². The summed E-state index contributed by atoms with van der Waals surface area (Å²) in [7, 11) is 0. The van der Waals surface area contributed by atoms with Gasteiger partial charge in [0.15, 0.2) is 5.78 Å². The molecule has 0 spiro atoms. The van der Waals surface area contributed by atoms with Crippen LogP contribution in [0, 0.1) is 0 Å². The van der Waals surface area contributed by atoms with Crippen LogP contribution in [0.5, 0.6) is 0 Å². The second-order valence-corrected chi connectivity index (χ2v) is 6.22. The van der Waals surface area contributed by atoms with Gasteiger partial charge in [0.2, 0.25) is 0 Å². The summed E-state index contributed by atoms with van der Waals surface area (Å²) in [5.74, 6) is 0.0422. The monoisotopic (exact) mass is 334 g/mol. The minimum atomic E-state index is 0.0422. The van der Waals surface area contributed by atoms with Crippen molar-refractivity contribution in [3.05, 3.63) is 120 Å². The summed E-state index contributed by atoms with van der Waals surface area (Å²) in [5, 5.41) is 0. The fraction of sp³-hybridized carbons (Fsp3) is 0. The Morgan fingerprint density at radius 3 is 1.23 bits per heavy atom. The van der Waals surface area contributed by atoms with Gasteiger partial charge in [-0.1, -0.05) is 97.1 Å². The molecule has 0 fully saturated rings. The van der Waals surface area contributed by atoms with Crippen LogP contribution in [0.1, 0.15) is 15.9 Å². The van der Waals surface area contributed by atoms with Crippen LogP contribution in [0.25, 0.3) is 22.3 Å². The standard InChI is InChI=1S/C25H18O/c26-25(23-15-7-13-21(17-23)19-9-3-1-4-10-19)24-16-8-14-22(18-24)20-11-5-2-6-12-20/h1-18H. The van der Waals surface area contributed by atoms with Crippen LogP contribution < -0.4 is 0 Å². The lowest BCUT2D eigenvalue weighted by molar-refractivity contribution is 0.103. The lowest BCUT2D eigenvalue weighted by Gasteiger charge is -2.07. The first kappa shape index (κ1) is 16.0. The maximum atomic E-state index is 13.0. The Morgan fingerprint density at radius 2 is 0.808 bits per heavy atom. The van der Waals surface area contributed by atoms with Gasteiger partial charge in [0, 0.05) is 11.1 Å². The molecule has 0 saturated heterocycles. The summed E-state index contributed by atoms with van der Waals surface area (Å²) in [6.45, 7) is 0. The Labute approximate surface area is 153 Å². The van der Waals surface area contributed by atoms with Gasteiger partial charge in [-0.25, -0.2) is 0 Å². The third kappa shape index (κ3) is 3.33. The quantitative estimate of drug-likeness (QED) is 0.403. The topological polar surface area (TPSA) is 17.1 Å². The van der Waals surface area contributed by atoms with Crippen LogP contribution in [-0.2, 0) is 0 Å². The smallest absolute Gasteiger partial charge is 0.193 e. The number of carbonyl (C=O) groups excluding carboxylic acids is 1. The molecule has 0 atom stereocenters. The molecular formula is C25H18O. The molecule has 124 valence electrons. The third-order valence-electron chi connectivity index (χ3n) is 4.46. The second kappa shape index (κ2) is 7.20. The number of hydrogen-bond acceptors (Lipinski definition) is 1. The number of rotatable bonds is 4. The first-order valence-corrected chi connectivity index (χ1v) is 8.67. The van der Waals surface area contributed by atoms with Crippen molar-refractivity contribution in [2.45, 2.75) is 0 Å². The molecule has 1 heteroatoms. The predicted octanol–water partition coefficient (Wildman–Crippen LogP) is 6.25. The molecule has 0 radical (unpaired) electrons. The molecule has 4 rings (SSSR count). The summed E-state index contributed by atoms with van der Waals surface area (Å²) in [6.07, 6.45) is 0. The van der Waals surface area contributed by atoms with Crippen LogP contribution in [0.4, 0.5) is 0 Å². The Hall–Kier alpha value is -3.45. The molecule has 4 aromatic carbocycles. The van der Waals surface area contributed by atoms with Crippen molar-refractivity contribution >= 4 is 5.78 Å². The van der Waals surface area contributed by atoms with Gasteiger partial charge in [0.1, 0.15) is 0 Å². The Morgan fingerprint density at radius 1 is 0.423 bits per heavy atom. The Balaban J connectivity index is 1.69. The maximum absolute atomic E-state index is 13.0. The molecule has 0 bridgehead atoms. The molecule has 26 heavy (non-hydrogen) atoms. The first-order valence-electron chi connectivity index (χ1n) is 8.67. The van der Waals surface area contributed by atoms with E-state index < -0.39 is 0 Å². The van der Waals surface area contributed by atoms with Crippen molar-refractivity contribution in [2.75, 3.05) is 0 Å². The van der Waals surface area contributed by atoms with Gasteiger partial charge < -0.3 is 0 Å². The van der Waals surface area contributed by atoms with E-state index in [9.17, 15) is 4.79 Å². The summed E-state index contributed by atoms with van der Waals surface area (Å²) in [5.41, 5.74) is 5.74. The largest absolute Gasteiger partial charge is 0.289 e. The molecule has 0 aliphatic rings. The van der Waals surface area contributed by atoms with Crippen molar-refractivity contribution in [1.82, 2.24) is 0 Å². The predicted molar refractivity (Wildman–Crippen MR) is 107 cm³/mol. The highest BCUT2D eigenvalue weighted by Crippen LogP contribution is 2.24. The lowest BCUT2D eigenvalue weighted by atomic mass is 9.96. The van der Waals surface area contributed by atoms with Crippen LogP contribution in [0.3, 0.4) is 0 Å². The fourth-order valence-corrected chi connectivity index (χ4v) is 3.11. The SMILES string of the molecule is O=C(c1cccc(-c2ccccc2)c1)c1cccc(-c2ccccc2)c1. The highest BCUT2D eigenvalue weighted by Gasteiger charge is 2.11. The van der Waals surface area contributed by atoms with Gasteiger partial charge in [-0.2, -0.15) is 0 Å². The zero-order chi connectivity index (χ0) is 17.8. The Kier molecular flexibility index (Phi) is 4.44. The summed E-state index contributed by atoms with van der Waals surface area (Å²) < 4.78 is 0. The number of carbonyl (C=O) groups is 1. The van der Waals surface area contributed by atoms with Gasteiger partial charge in [0.05, 0.1) is 0 Å². The minimum absolute atomic E-state index is 0.0422. The van der Waals surface area contributed by atoms with Gasteiger partial charge in [-0.3, -0.25) is 4.79 Å². The van der Waals surface area contributed by atoms with E-state index >= 15 is 0 Å². The van der Waals surface area contributed by atoms with Crippen LogP contribution in [-0.4, -0.2) is 5.78 Å². The van der Waals surface area contributed by atoms with Crippen LogP contribution >= 0.6 is 0 Å². The van der Waals surface area contributed by atoms with Crippen LogP contribution in [0.15, 0.2) is 109 Å². The fourth-order valence-electron chi connectivity index (χ4n) is 3.11. The van der Waals surface area contributed by atoms with E-state index in [0.717, 1.165) is 22.3 Å². The van der Waals surface area contributed by atoms with Crippen molar-refractivity contribution in [3.8, 4) is 22.3 Å². The zero-order valence-electron chi connectivity index (χ0n) is 14.3. The van der Waals surface area contributed by atoms with Gasteiger partial charge in [-0.15, -0.1) is 0 Å². The van der Waals surface area contributed by atoms with E-state index in [1.807, 2.05) is 84.9 Å². The van der Waals surface area contributed by atoms with Crippen molar-refractivity contribution in [3.63, 3.8) is 0 Å². The maximum Gasteiger partial charge on any atom is 0.193 e. The average molecular weight is 334 g/mol. The molecule has 0 amide bonds. The molecule has 0 aliphatic carbocycles. The summed E-state index contributed by atoms with van der Waals surface area (Å²) in [4.78, 5) is 13.0. The molecule has 1 nitrogen and oxygen atoms in total. The molecule has 4 aromatic rings. The number of ketones is 1. The molecular weight excluding hydrogens is 316 g/mol. The second-order valence-electron chi connectivity index (χ2n) is 6.22. The number of benzene rings is 4. The normalized spacial score (nSPS) is 10.5. The van der Waals surface area contributed by atoms with E-state index in [-0.39, 0.29) is 5.78 Å². The highest BCUT2D eigenvalue weighted by molar-refractivity contribution is 6.10. The highest BCUT2D eigenvalue weighted by atomic mass is 16.1. The molecule has 0 aliphatic heterocycles. The van der Waals surface area contributed by atoms with E-state index in [0.29, 0.717) is 11.1 Å². The Bertz CT molecular complexity index is 949. The van der Waals surface area contributed by atoms with Crippen molar-refractivity contribution < 1.29 is 4.79 Å². The molecule has 0 unspecified atom stereocenters. The zero-order valence-corrected chi connectivity index (χ0v) is 14.3. The van der Waals surface area contributed by atoms with E-state index in [2.05, 4.69) is 24.3 Å². The molecule has 0 saturated carbocycles. The third-order valence-corrected chi connectivity index (χ3v) is 4.46.